The molecule has 0 unspecified atom stereocenters. The van der Waals surface area contributed by atoms with E-state index < -0.39 is 5.91 Å². The van der Waals surface area contributed by atoms with E-state index in [-0.39, 0.29) is 0 Å². The number of nitrogens with zero attached hydrogens (tertiary/aromatic N) is 1. The number of primary amides is 1. The lowest BCUT2D eigenvalue weighted by Gasteiger charge is -2.11. The third kappa shape index (κ3) is 3.10. The second-order valence-corrected chi connectivity index (χ2v) is 8.80. The topological polar surface area (TPSA) is 48.0 Å². The molecule has 5 rings (SSSR count). The Kier molecular flexibility index (Phi) is 4.44. The number of amides is 1. The molecule has 1 amide bonds. The number of carbonyl (C=O) groups is 1. The van der Waals surface area contributed by atoms with Crippen LogP contribution in [-0.4, -0.2) is 10.5 Å². The van der Waals surface area contributed by atoms with Crippen molar-refractivity contribution in [1.29, 1.82) is 0 Å². The Morgan fingerprint density at radius 2 is 1.73 bits per heavy atom. The third-order valence-corrected chi connectivity index (χ3v) is 6.50. The number of aryl methyl sites for hydroxylation is 2. The molecular formula is C26H22N2OS. The van der Waals surface area contributed by atoms with Gasteiger partial charge >= 0.3 is 0 Å². The van der Waals surface area contributed by atoms with Crippen molar-refractivity contribution in [3.63, 3.8) is 0 Å². The molecule has 3 nitrogen and oxygen atoms in total. The van der Waals surface area contributed by atoms with E-state index in [0.717, 1.165) is 28.4 Å². The number of hydrogen-bond donors (Lipinski definition) is 1. The lowest BCUT2D eigenvalue weighted by molar-refractivity contribution is 0.100. The standard InChI is InChI=1S/C26H22N2OS/c1-16-11-17(2)13-18(12-16)15-28-22-6-3-5-21(26(27)29)25(22)20-9-8-19(14-23(20)28)24-7-4-10-30-24/h3-14H,15H2,1-2H3,(H2,27,29). The number of carbonyl (C=O) groups excluding carboxylic acids is 1. The fourth-order valence-electron chi connectivity index (χ4n) is 4.46. The molecule has 0 saturated carbocycles. The van der Waals surface area contributed by atoms with Gasteiger partial charge in [-0.2, -0.15) is 0 Å². The molecule has 0 aliphatic carbocycles. The summed E-state index contributed by atoms with van der Waals surface area (Å²) in [5.41, 5.74) is 13.4. The van der Waals surface area contributed by atoms with Crippen LogP contribution in [0.5, 0.6) is 0 Å². The highest BCUT2D eigenvalue weighted by molar-refractivity contribution is 7.13. The summed E-state index contributed by atoms with van der Waals surface area (Å²) in [6, 6.07) is 23.1. The molecule has 0 spiro atoms. The number of thiophene rings is 1. The van der Waals surface area contributed by atoms with E-state index in [1.54, 1.807) is 11.3 Å². The van der Waals surface area contributed by atoms with Crippen LogP contribution in [0, 0.1) is 13.8 Å². The normalized spacial score (nSPS) is 11.4. The van der Waals surface area contributed by atoms with E-state index in [2.05, 4.69) is 78.4 Å². The Labute approximate surface area is 179 Å². The number of fused-ring (bicyclic) bond motifs is 3. The molecule has 0 aliphatic rings. The van der Waals surface area contributed by atoms with Crippen LogP contribution in [0.3, 0.4) is 0 Å². The molecule has 0 saturated heterocycles. The fraction of sp³-hybridized carbons (Fsp3) is 0.115. The maximum Gasteiger partial charge on any atom is 0.249 e. The van der Waals surface area contributed by atoms with Gasteiger partial charge in [0.05, 0.1) is 11.0 Å². The van der Waals surface area contributed by atoms with Gasteiger partial charge < -0.3 is 10.3 Å². The minimum atomic E-state index is -0.395. The predicted octanol–water partition coefficient (Wildman–Crippen LogP) is 6.29. The summed E-state index contributed by atoms with van der Waals surface area (Å²) in [5.74, 6) is -0.395. The highest BCUT2D eigenvalue weighted by Gasteiger charge is 2.17. The van der Waals surface area contributed by atoms with Crippen molar-refractivity contribution < 1.29 is 4.79 Å². The van der Waals surface area contributed by atoms with Crippen molar-refractivity contribution in [2.75, 3.05) is 0 Å². The number of rotatable bonds is 4. The minimum Gasteiger partial charge on any atom is -0.366 e. The van der Waals surface area contributed by atoms with Crippen LogP contribution >= 0.6 is 11.3 Å². The maximum atomic E-state index is 12.2. The molecule has 2 aromatic heterocycles. The van der Waals surface area contributed by atoms with Gasteiger partial charge in [0.1, 0.15) is 0 Å². The smallest absolute Gasteiger partial charge is 0.249 e. The fourth-order valence-corrected chi connectivity index (χ4v) is 5.18. The summed E-state index contributed by atoms with van der Waals surface area (Å²) in [7, 11) is 0. The van der Waals surface area contributed by atoms with Crippen LogP contribution in [0.15, 0.2) is 72.1 Å². The van der Waals surface area contributed by atoms with Crippen LogP contribution < -0.4 is 5.73 Å². The average molecular weight is 411 g/mol. The molecule has 0 atom stereocenters. The third-order valence-electron chi connectivity index (χ3n) is 5.58. The molecule has 2 N–H and O–H groups in total. The SMILES string of the molecule is Cc1cc(C)cc(Cn2c3cc(-c4cccs4)ccc3c3c(C(N)=O)cccc32)c1. The quantitative estimate of drug-likeness (QED) is 0.372. The number of nitrogens with two attached hydrogens (primary N) is 1. The molecule has 0 bridgehead atoms. The van der Waals surface area contributed by atoms with Crippen molar-refractivity contribution in [1.82, 2.24) is 4.57 Å². The van der Waals surface area contributed by atoms with Crippen LogP contribution in [0.4, 0.5) is 0 Å². The summed E-state index contributed by atoms with van der Waals surface area (Å²) in [5, 5.41) is 4.08. The van der Waals surface area contributed by atoms with Crippen molar-refractivity contribution in [3.8, 4) is 10.4 Å². The molecule has 2 heterocycles. The van der Waals surface area contributed by atoms with Crippen LogP contribution in [0.2, 0.25) is 0 Å². The van der Waals surface area contributed by atoms with Gasteiger partial charge in [-0.15, -0.1) is 11.3 Å². The first kappa shape index (κ1) is 18.6. The van der Waals surface area contributed by atoms with Crippen LogP contribution in [-0.2, 0) is 6.54 Å². The molecule has 4 heteroatoms. The number of benzene rings is 3. The van der Waals surface area contributed by atoms with E-state index in [1.165, 1.54) is 27.1 Å². The minimum absolute atomic E-state index is 0.395. The van der Waals surface area contributed by atoms with Crippen molar-refractivity contribution in [3.05, 3.63) is 94.4 Å². The summed E-state index contributed by atoms with van der Waals surface area (Å²) in [4.78, 5) is 13.4. The molecular weight excluding hydrogens is 388 g/mol. The highest BCUT2D eigenvalue weighted by atomic mass is 32.1. The maximum absolute atomic E-state index is 12.2. The zero-order valence-corrected chi connectivity index (χ0v) is 17.8. The molecule has 30 heavy (non-hydrogen) atoms. The van der Waals surface area contributed by atoms with Gasteiger partial charge in [0, 0.05) is 27.8 Å². The molecule has 0 aliphatic heterocycles. The molecule has 0 fully saturated rings. The number of hydrogen-bond acceptors (Lipinski definition) is 2. The lowest BCUT2D eigenvalue weighted by Crippen LogP contribution is -2.11. The average Bonchev–Trinajstić information content (AvgIpc) is 3.34. The summed E-state index contributed by atoms with van der Waals surface area (Å²) in [6.07, 6.45) is 0. The number of aromatic nitrogens is 1. The van der Waals surface area contributed by atoms with Crippen LogP contribution in [0.1, 0.15) is 27.0 Å². The summed E-state index contributed by atoms with van der Waals surface area (Å²) >= 11 is 1.73. The zero-order chi connectivity index (χ0) is 20.8. The van der Waals surface area contributed by atoms with Crippen molar-refractivity contribution in [2.45, 2.75) is 20.4 Å². The largest absolute Gasteiger partial charge is 0.366 e. The molecule has 3 aromatic carbocycles. The van der Waals surface area contributed by atoms with E-state index >= 15 is 0 Å². The second-order valence-electron chi connectivity index (χ2n) is 7.86. The van der Waals surface area contributed by atoms with E-state index in [1.807, 2.05) is 12.1 Å². The van der Waals surface area contributed by atoms with Gasteiger partial charge in [-0.1, -0.05) is 53.6 Å². The van der Waals surface area contributed by atoms with Gasteiger partial charge in [0.25, 0.3) is 0 Å². The van der Waals surface area contributed by atoms with Gasteiger partial charge in [0.15, 0.2) is 0 Å². The van der Waals surface area contributed by atoms with Crippen molar-refractivity contribution >= 4 is 39.0 Å². The van der Waals surface area contributed by atoms with Gasteiger partial charge in [-0.25, -0.2) is 0 Å². The molecule has 5 aromatic rings. The zero-order valence-electron chi connectivity index (χ0n) is 17.0. The monoisotopic (exact) mass is 410 g/mol. The predicted molar refractivity (Wildman–Crippen MR) is 126 cm³/mol. The Morgan fingerprint density at radius 3 is 2.43 bits per heavy atom. The van der Waals surface area contributed by atoms with E-state index in [4.69, 9.17) is 5.73 Å². The summed E-state index contributed by atoms with van der Waals surface area (Å²) in [6.45, 7) is 4.99. The Bertz CT molecular complexity index is 1390. The second kappa shape index (κ2) is 7.15. The summed E-state index contributed by atoms with van der Waals surface area (Å²) < 4.78 is 2.31. The van der Waals surface area contributed by atoms with E-state index in [9.17, 15) is 4.79 Å². The van der Waals surface area contributed by atoms with Crippen molar-refractivity contribution in [2.24, 2.45) is 5.73 Å². The molecule has 148 valence electrons. The molecule has 0 radical (unpaired) electrons. The Balaban J connectivity index is 1.82. The first-order valence-corrected chi connectivity index (χ1v) is 10.8. The highest BCUT2D eigenvalue weighted by Crippen LogP contribution is 2.36. The van der Waals surface area contributed by atoms with Crippen LogP contribution in [0.25, 0.3) is 32.2 Å². The van der Waals surface area contributed by atoms with Gasteiger partial charge in [-0.05, 0) is 54.6 Å². The first-order valence-electron chi connectivity index (χ1n) is 9.97. The van der Waals surface area contributed by atoms with Gasteiger partial charge in [0.2, 0.25) is 5.91 Å². The van der Waals surface area contributed by atoms with E-state index in [0.29, 0.717) is 5.56 Å². The Morgan fingerprint density at radius 1 is 0.933 bits per heavy atom. The van der Waals surface area contributed by atoms with Gasteiger partial charge in [-0.3, -0.25) is 4.79 Å². The Hall–Kier alpha value is -3.37. The first-order chi connectivity index (χ1) is 14.5. The lowest BCUT2D eigenvalue weighted by atomic mass is 10.0.